The number of hydrogen-bond donors (Lipinski definition) is 1. The van der Waals surface area contributed by atoms with E-state index in [-0.39, 0.29) is 0 Å². The molecule has 5 nitrogen and oxygen atoms in total. The summed E-state index contributed by atoms with van der Waals surface area (Å²) >= 11 is 0. The minimum Gasteiger partial charge on any atom is -0.379 e. The number of benzene rings is 1. The van der Waals surface area contributed by atoms with E-state index in [0.717, 1.165) is 30.9 Å². The topological polar surface area (TPSA) is 47.7 Å². The maximum Gasteiger partial charge on any atom is 0.0991 e. The van der Waals surface area contributed by atoms with E-state index in [1.165, 1.54) is 5.69 Å². The van der Waals surface area contributed by atoms with Crippen molar-refractivity contribution in [3.05, 3.63) is 60.9 Å². The van der Waals surface area contributed by atoms with Crippen LogP contribution in [0, 0.1) is 0 Å². The van der Waals surface area contributed by atoms with E-state index in [4.69, 9.17) is 0 Å². The summed E-state index contributed by atoms with van der Waals surface area (Å²) in [5.41, 5.74) is 3.38. The molecule has 0 spiro atoms. The minimum absolute atomic E-state index is 0.771. The molecule has 2 aromatic heterocycles. The molecule has 2 heterocycles. The van der Waals surface area contributed by atoms with E-state index in [2.05, 4.69) is 46.6 Å². The average molecular weight is 281 g/mol. The first-order valence-electron chi connectivity index (χ1n) is 7.20. The minimum atomic E-state index is 0.771. The Labute approximate surface area is 124 Å². The summed E-state index contributed by atoms with van der Waals surface area (Å²) in [4.78, 5) is 4.08. The molecule has 0 aliphatic carbocycles. The molecule has 0 saturated carbocycles. The van der Waals surface area contributed by atoms with Gasteiger partial charge in [-0.05, 0) is 30.7 Å². The number of aryl methyl sites for hydroxylation is 1. The smallest absolute Gasteiger partial charge is 0.0991 e. The van der Waals surface area contributed by atoms with E-state index in [1.54, 1.807) is 12.5 Å². The van der Waals surface area contributed by atoms with Gasteiger partial charge in [0.15, 0.2) is 0 Å². The Morgan fingerprint density at radius 1 is 1.19 bits per heavy atom. The van der Waals surface area contributed by atoms with Crippen LogP contribution < -0.4 is 5.32 Å². The van der Waals surface area contributed by atoms with Crippen molar-refractivity contribution in [1.29, 1.82) is 0 Å². The van der Waals surface area contributed by atoms with E-state index in [9.17, 15) is 0 Å². The molecule has 0 aliphatic rings. The standard InChI is InChI=1S/C16H19N5/c1-2-9-21-16(6-7-19-21)12-18-14-4-3-5-15(11-14)20-10-8-17-13-20/h3-8,10-11,13,18H,2,9,12H2,1H3. The van der Waals surface area contributed by atoms with Gasteiger partial charge in [0.05, 0.1) is 18.6 Å². The van der Waals surface area contributed by atoms with Crippen LogP contribution >= 0.6 is 0 Å². The highest BCUT2D eigenvalue weighted by Crippen LogP contribution is 2.15. The van der Waals surface area contributed by atoms with Crippen LogP contribution in [0.2, 0.25) is 0 Å². The lowest BCUT2D eigenvalue weighted by molar-refractivity contribution is 0.578. The third-order valence-corrected chi connectivity index (χ3v) is 3.36. The zero-order valence-electron chi connectivity index (χ0n) is 12.1. The van der Waals surface area contributed by atoms with Gasteiger partial charge in [0.1, 0.15) is 0 Å². The number of nitrogens with zero attached hydrogens (tertiary/aromatic N) is 4. The molecule has 0 bridgehead atoms. The molecular weight excluding hydrogens is 262 g/mol. The lowest BCUT2D eigenvalue weighted by atomic mass is 10.2. The molecule has 5 heteroatoms. The van der Waals surface area contributed by atoms with Crippen molar-refractivity contribution < 1.29 is 0 Å². The zero-order valence-corrected chi connectivity index (χ0v) is 12.1. The van der Waals surface area contributed by atoms with Crippen molar-refractivity contribution in [2.24, 2.45) is 0 Å². The van der Waals surface area contributed by atoms with Crippen LogP contribution in [0.4, 0.5) is 5.69 Å². The van der Waals surface area contributed by atoms with Gasteiger partial charge in [-0.2, -0.15) is 5.10 Å². The van der Waals surface area contributed by atoms with Crippen molar-refractivity contribution in [3.8, 4) is 5.69 Å². The number of anilines is 1. The van der Waals surface area contributed by atoms with Gasteiger partial charge in [0.2, 0.25) is 0 Å². The number of aromatic nitrogens is 4. The van der Waals surface area contributed by atoms with Crippen LogP contribution in [-0.4, -0.2) is 19.3 Å². The van der Waals surface area contributed by atoms with Crippen molar-refractivity contribution in [2.75, 3.05) is 5.32 Å². The lowest BCUT2D eigenvalue weighted by Crippen LogP contribution is -2.09. The molecule has 0 atom stereocenters. The molecule has 21 heavy (non-hydrogen) atoms. The summed E-state index contributed by atoms with van der Waals surface area (Å²) in [5, 5.41) is 7.79. The van der Waals surface area contributed by atoms with Crippen LogP contribution in [0.25, 0.3) is 5.69 Å². The van der Waals surface area contributed by atoms with Crippen molar-refractivity contribution in [1.82, 2.24) is 19.3 Å². The van der Waals surface area contributed by atoms with E-state index in [0.29, 0.717) is 0 Å². The maximum absolute atomic E-state index is 4.34. The number of rotatable bonds is 6. The first-order chi connectivity index (χ1) is 10.4. The number of imidazole rings is 1. The van der Waals surface area contributed by atoms with Crippen molar-refractivity contribution in [3.63, 3.8) is 0 Å². The molecule has 1 N–H and O–H groups in total. The van der Waals surface area contributed by atoms with E-state index < -0.39 is 0 Å². The van der Waals surface area contributed by atoms with Crippen LogP contribution in [0.1, 0.15) is 19.0 Å². The third-order valence-electron chi connectivity index (χ3n) is 3.36. The summed E-state index contributed by atoms with van der Waals surface area (Å²) < 4.78 is 4.04. The van der Waals surface area contributed by atoms with Crippen LogP contribution in [0.5, 0.6) is 0 Å². The summed E-state index contributed by atoms with van der Waals surface area (Å²) in [5.74, 6) is 0. The molecule has 0 fully saturated rings. The summed E-state index contributed by atoms with van der Waals surface area (Å²) in [7, 11) is 0. The molecule has 108 valence electrons. The van der Waals surface area contributed by atoms with Gasteiger partial charge in [-0.1, -0.05) is 13.0 Å². The summed E-state index contributed by atoms with van der Waals surface area (Å²) in [6, 6.07) is 10.3. The van der Waals surface area contributed by atoms with Crippen molar-refractivity contribution in [2.45, 2.75) is 26.4 Å². The van der Waals surface area contributed by atoms with Crippen LogP contribution in [0.15, 0.2) is 55.2 Å². The average Bonchev–Trinajstić information content (AvgIpc) is 3.18. The predicted molar refractivity (Wildman–Crippen MR) is 83.4 cm³/mol. The van der Waals surface area contributed by atoms with Gasteiger partial charge >= 0.3 is 0 Å². The molecule has 0 unspecified atom stereocenters. The summed E-state index contributed by atoms with van der Waals surface area (Å²) in [6.45, 7) is 3.89. The normalized spacial score (nSPS) is 10.7. The second-order valence-corrected chi connectivity index (χ2v) is 4.92. The lowest BCUT2D eigenvalue weighted by Gasteiger charge is -2.10. The maximum atomic E-state index is 4.34. The predicted octanol–water partition coefficient (Wildman–Crippen LogP) is 3.09. The highest BCUT2D eigenvalue weighted by atomic mass is 15.3. The molecule has 0 aliphatic heterocycles. The van der Waals surface area contributed by atoms with Gasteiger partial charge in [0, 0.05) is 36.5 Å². The van der Waals surface area contributed by atoms with Gasteiger partial charge in [-0.15, -0.1) is 0 Å². The van der Waals surface area contributed by atoms with E-state index in [1.807, 2.05) is 27.7 Å². The fourth-order valence-electron chi connectivity index (χ4n) is 2.30. The quantitative estimate of drug-likeness (QED) is 0.755. The molecule has 0 amide bonds. The fraction of sp³-hybridized carbons (Fsp3) is 0.250. The zero-order chi connectivity index (χ0) is 14.5. The Balaban J connectivity index is 1.71. The van der Waals surface area contributed by atoms with Gasteiger partial charge in [0.25, 0.3) is 0 Å². The second kappa shape index (κ2) is 6.26. The number of nitrogens with one attached hydrogen (secondary N) is 1. The first-order valence-corrected chi connectivity index (χ1v) is 7.20. The monoisotopic (exact) mass is 281 g/mol. The molecule has 1 aromatic carbocycles. The fourth-order valence-corrected chi connectivity index (χ4v) is 2.30. The Morgan fingerprint density at radius 2 is 2.14 bits per heavy atom. The Morgan fingerprint density at radius 3 is 2.95 bits per heavy atom. The van der Waals surface area contributed by atoms with Gasteiger partial charge in [-0.3, -0.25) is 4.68 Å². The van der Waals surface area contributed by atoms with E-state index >= 15 is 0 Å². The van der Waals surface area contributed by atoms with Gasteiger partial charge in [-0.25, -0.2) is 4.98 Å². The molecule has 0 radical (unpaired) electrons. The van der Waals surface area contributed by atoms with Crippen LogP contribution in [0.3, 0.4) is 0 Å². The Bertz CT molecular complexity index is 684. The molecular formula is C16H19N5. The Hall–Kier alpha value is -2.56. The second-order valence-electron chi connectivity index (χ2n) is 4.92. The third kappa shape index (κ3) is 3.13. The first kappa shape index (κ1) is 13.4. The van der Waals surface area contributed by atoms with Crippen molar-refractivity contribution >= 4 is 5.69 Å². The molecule has 3 aromatic rings. The highest BCUT2D eigenvalue weighted by molar-refractivity contribution is 5.51. The SMILES string of the molecule is CCCn1nccc1CNc1cccc(-n2ccnc2)c1. The largest absolute Gasteiger partial charge is 0.379 e. The van der Waals surface area contributed by atoms with Gasteiger partial charge < -0.3 is 9.88 Å². The molecule has 0 saturated heterocycles. The number of hydrogen-bond acceptors (Lipinski definition) is 3. The molecule has 3 rings (SSSR count). The van der Waals surface area contributed by atoms with Crippen LogP contribution in [-0.2, 0) is 13.1 Å². The Kier molecular flexibility index (Phi) is 4.00. The highest BCUT2D eigenvalue weighted by Gasteiger charge is 2.02. The summed E-state index contributed by atoms with van der Waals surface area (Å²) in [6.07, 6.45) is 8.47.